The summed E-state index contributed by atoms with van der Waals surface area (Å²) in [6, 6.07) is 4.46. The molecule has 0 bridgehead atoms. The summed E-state index contributed by atoms with van der Waals surface area (Å²) >= 11 is 1.54. The summed E-state index contributed by atoms with van der Waals surface area (Å²) in [6.07, 6.45) is 5.22. The van der Waals surface area contributed by atoms with E-state index in [4.69, 9.17) is 0 Å². The molecule has 1 fully saturated rings. The van der Waals surface area contributed by atoms with E-state index in [1.165, 1.54) is 25.7 Å². The summed E-state index contributed by atoms with van der Waals surface area (Å²) < 4.78 is 0. The highest BCUT2D eigenvalue weighted by Gasteiger charge is 2.26. The first-order chi connectivity index (χ1) is 8.18. The molecule has 0 amide bonds. The summed E-state index contributed by atoms with van der Waals surface area (Å²) in [5.41, 5.74) is 0. The predicted octanol–water partition coefficient (Wildman–Crippen LogP) is 3.44. The maximum Gasteiger partial charge on any atom is 0.186 e. The molecule has 1 heterocycles. The largest absolute Gasteiger partial charge is 0.296 e. The predicted molar refractivity (Wildman–Crippen MR) is 72.7 cm³/mol. The molecule has 0 spiro atoms. The number of thiophene rings is 1. The van der Waals surface area contributed by atoms with E-state index in [0.29, 0.717) is 12.6 Å². The van der Waals surface area contributed by atoms with Crippen molar-refractivity contribution in [3.8, 4) is 0 Å². The van der Waals surface area contributed by atoms with Gasteiger partial charge in [-0.1, -0.05) is 25.8 Å². The minimum atomic E-state index is 0.264. The number of carbonyl (C=O) groups excluding carboxylic acids is 1. The molecule has 0 radical (unpaired) electrons. The lowest BCUT2D eigenvalue weighted by atomic mass is 9.85. The second-order valence-corrected chi connectivity index (χ2v) is 6.09. The number of Topliss-reactive ketones (excluding diaryl/α,β-unsaturated/α-hetero) is 1. The zero-order chi connectivity index (χ0) is 12.3. The molecule has 1 aliphatic carbocycles. The lowest BCUT2D eigenvalue weighted by Gasteiger charge is -2.35. The molecule has 0 aliphatic heterocycles. The van der Waals surface area contributed by atoms with Crippen LogP contribution in [0.4, 0.5) is 0 Å². The molecule has 2 rings (SSSR count). The van der Waals surface area contributed by atoms with E-state index in [2.05, 4.69) is 18.9 Å². The van der Waals surface area contributed by atoms with Gasteiger partial charge in [0.25, 0.3) is 0 Å². The van der Waals surface area contributed by atoms with Gasteiger partial charge in [-0.2, -0.15) is 0 Å². The standard InChI is InChI=1S/C14H21NOS/c1-11-6-3-4-7-12(11)15(2)10-13(16)14-8-5-9-17-14/h5,8-9,11-12H,3-4,6-7,10H2,1-2H3. The Morgan fingerprint density at radius 3 is 2.88 bits per heavy atom. The summed E-state index contributed by atoms with van der Waals surface area (Å²) in [5.74, 6) is 0.991. The molecule has 1 aromatic heterocycles. The summed E-state index contributed by atoms with van der Waals surface area (Å²) in [4.78, 5) is 15.2. The van der Waals surface area contributed by atoms with Crippen LogP contribution in [0.2, 0.25) is 0 Å². The van der Waals surface area contributed by atoms with Crippen LogP contribution in [0, 0.1) is 5.92 Å². The maximum absolute atomic E-state index is 12.0. The minimum absolute atomic E-state index is 0.264. The van der Waals surface area contributed by atoms with Crippen molar-refractivity contribution < 1.29 is 4.79 Å². The third-order valence-electron chi connectivity index (χ3n) is 3.82. The normalized spacial score (nSPS) is 25.1. The highest BCUT2D eigenvalue weighted by Crippen LogP contribution is 2.27. The van der Waals surface area contributed by atoms with Crippen LogP contribution in [0.25, 0.3) is 0 Å². The van der Waals surface area contributed by atoms with Crippen molar-refractivity contribution in [2.24, 2.45) is 5.92 Å². The molecule has 2 nitrogen and oxygen atoms in total. The topological polar surface area (TPSA) is 20.3 Å². The summed E-state index contributed by atoms with van der Waals surface area (Å²) in [5, 5.41) is 1.97. The number of likely N-dealkylation sites (N-methyl/N-ethyl adjacent to an activating group) is 1. The molecule has 17 heavy (non-hydrogen) atoms. The number of hydrogen-bond acceptors (Lipinski definition) is 3. The summed E-state index contributed by atoms with van der Waals surface area (Å²) in [6.45, 7) is 2.88. The van der Waals surface area contributed by atoms with E-state index >= 15 is 0 Å². The molecule has 0 N–H and O–H groups in total. The van der Waals surface area contributed by atoms with Gasteiger partial charge in [-0.05, 0) is 37.3 Å². The Hall–Kier alpha value is -0.670. The van der Waals surface area contributed by atoms with Crippen LogP contribution < -0.4 is 0 Å². The van der Waals surface area contributed by atoms with Crippen LogP contribution in [-0.4, -0.2) is 30.3 Å². The van der Waals surface area contributed by atoms with Crippen LogP contribution in [0.3, 0.4) is 0 Å². The first-order valence-corrected chi connectivity index (χ1v) is 7.33. The average molecular weight is 251 g/mol. The fraction of sp³-hybridized carbons (Fsp3) is 0.643. The molecular weight excluding hydrogens is 230 g/mol. The lowest BCUT2D eigenvalue weighted by molar-refractivity contribution is 0.0855. The van der Waals surface area contributed by atoms with E-state index in [0.717, 1.165) is 10.8 Å². The Kier molecular flexibility index (Phi) is 4.35. The average Bonchev–Trinajstić information content (AvgIpc) is 2.82. The van der Waals surface area contributed by atoms with E-state index in [9.17, 15) is 4.79 Å². The van der Waals surface area contributed by atoms with Crippen molar-refractivity contribution in [2.75, 3.05) is 13.6 Å². The molecule has 0 saturated heterocycles. The summed E-state index contributed by atoms with van der Waals surface area (Å²) in [7, 11) is 2.10. The molecule has 94 valence electrons. The zero-order valence-corrected chi connectivity index (χ0v) is 11.5. The van der Waals surface area contributed by atoms with Gasteiger partial charge in [-0.25, -0.2) is 0 Å². The highest BCUT2D eigenvalue weighted by atomic mass is 32.1. The van der Waals surface area contributed by atoms with Crippen molar-refractivity contribution in [1.82, 2.24) is 4.90 Å². The van der Waals surface area contributed by atoms with Gasteiger partial charge < -0.3 is 0 Å². The Morgan fingerprint density at radius 1 is 1.47 bits per heavy atom. The van der Waals surface area contributed by atoms with Gasteiger partial charge in [0.15, 0.2) is 5.78 Å². The second-order valence-electron chi connectivity index (χ2n) is 5.14. The van der Waals surface area contributed by atoms with Crippen molar-refractivity contribution >= 4 is 17.1 Å². The maximum atomic E-state index is 12.0. The van der Waals surface area contributed by atoms with Crippen LogP contribution >= 0.6 is 11.3 Å². The van der Waals surface area contributed by atoms with E-state index in [1.54, 1.807) is 11.3 Å². The van der Waals surface area contributed by atoms with Gasteiger partial charge in [0.2, 0.25) is 0 Å². The zero-order valence-electron chi connectivity index (χ0n) is 10.7. The first-order valence-electron chi connectivity index (χ1n) is 6.45. The van der Waals surface area contributed by atoms with Crippen LogP contribution in [0.1, 0.15) is 42.3 Å². The Balaban J connectivity index is 1.92. The van der Waals surface area contributed by atoms with Gasteiger partial charge in [-0.3, -0.25) is 9.69 Å². The van der Waals surface area contributed by atoms with E-state index in [1.807, 2.05) is 17.5 Å². The Morgan fingerprint density at radius 2 is 2.24 bits per heavy atom. The van der Waals surface area contributed by atoms with Crippen molar-refractivity contribution in [3.05, 3.63) is 22.4 Å². The van der Waals surface area contributed by atoms with Gasteiger partial charge in [-0.15, -0.1) is 11.3 Å². The Bertz CT molecular complexity index is 360. The van der Waals surface area contributed by atoms with Gasteiger partial charge >= 0.3 is 0 Å². The second kappa shape index (κ2) is 5.78. The third-order valence-corrected chi connectivity index (χ3v) is 4.73. The third kappa shape index (κ3) is 3.17. The van der Waals surface area contributed by atoms with Gasteiger partial charge in [0.05, 0.1) is 11.4 Å². The molecule has 1 aliphatic rings. The molecule has 1 aromatic rings. The Labute approximate surface area is 108 Å². The van der Waals surface area contributed by atoms with Crippen LogP contribution in [-0.2, 0) is 0 Å². The smallest absolute Gasteiger partial charge is 0.186 e. The minimum Gasteiger partial charge on any atom is -0.296 e. The van der Waals surface area contributed by atoms with Gasteiger partial charge in [0.1, 0.15) is 0 Å². The fourth-order valence-electron chi connectivity index (χ4n) is 2.81. The number of hydrogen-bond donors (Lipinski definition) is 0. The molecular formula is C14H21NOS. The quantitative estimate of drug-likeness (QED) is 0.764. The first kappa shape index (κ1) is 12.8. The van der Waals surface area contributed by atoms with Crippen LogP contribution in [0.5, 0.6) is 0 Å². The number of ketones is 1. The van der Waals surface area contributed by atoms with Crippen LogP contribution in [0.15, 0.2) is 17.5 Å². The van der Waals surface area contributed by atoms with Gasteiger partial charge in [0, 0.05) is 6.04 Å². The van der Waals surface area contributed by atoms with Crippen molar-refractivity contribution in [3.63, 3.8) is 0 Å². The number of carbonyl (C=O) groups is 1. The van der Waals surface area contributed by atoms with E-state index < -0.39 is 0 Å². The van der Waals surface area contributed by atoms with Crippen molar-refractivity contribution in [1.29, 1.82) is 0 Å². The van der Waals surface area contributed by atoms with E-state index in [-0.39, 0.29) is 5.78 Å². The van der Waals surface area contributed by atoms with Crippen molar-refractivity contribution in [2.45, 2.75) is 38.6 Å². The fourth-order valence-corrected chi connectivity index (χ4v) is 3.47. The molecule has 2 unspecified atom stereocenters. The molecule has 3 heteroatoms. The number of nitrogens with zero attached hydrogens (tertiary/aromatic N) is 1. The SMILES string of the molecule is CC1CCCCC1N(C)CC(=O)c1cccs1. The highest BCUT2D eigenvalue weighted by molar-refractivity contribution is 7.12. The molecule has 2 atom stereocenters. The molecule has 0 aromatic carbocycles. The lowest BCUT2D eigenvalue weighted by Crippen LogP contribution is -2.41. The number of rotatable bonds is 4. The monoisotopic (exact) mass is 251 g/mol. The molecule has 1 saturated carbocycles.